The van der Waals surface area contributed by atoms with Gasteiger partial charge in [0.1, 0.15) is 0 Å². The van der Waals surface area contributed by atoms with Crippen LogP contribution in [0.2, 0.25) is 0 Å². The van der Waals surface area contributed by atoms with E-state index in [1.807, 2.05) is 7.05 Å². The van der Waals surface area contributed by atoms with Gasteiger partial charge in [0.2, 0.25) is 0 Å². The largest absolute Gasteiger partial charge is 0.309 e. The smallest absolute Gasteiger partial charge is 0.0690 e. The molecule has 2 heteroatoms. The molecule has 0 aromatic carbocycles. The quantitative estimate of drug-likeness (QED) is 0.530. The average molecular weight is 152 g/mol. The third kappa shape index (κ3) is 3.41. The highest BCUT2D eigenvalue weighted by atomic mass is 14.9. The molecule has 11 heavy (non-hydrogen) atoms. The third-order valence-electron chi connectivity index (χ3n) is 1.85. The lowest BCUT2D eigenvalue weighted by Crippen LogP contribution is -2.32. The van der Waals surface area contributed by atoms with E-state index in [1.165, 1.54) is 19.3 Å². The first-order valence-corrected chi connectivity index (χ1v) is 4.30. The first-order chi connectivity index (χ1) is 5.43. The van der Waals surface area contributed by atoms with Gasteiger partial charge in [-0.2, -0.15) is 0 Å². The average Bonchev–Trinajstić information content (AvgIpc) is 2.07. The molecule has 2 N–H and O–H groups in total. The van der Waals surface area contributed by atoms with Crippen LogP contribution in [-0.4, -0.2) is 26.2 Å². The zero-order valence-electron chi connectivity index (χ0n) is 7.11. The van der Waals surface area contributed by atoms with Gasteiger partial charge in [-0.05, 0) is 32.9 Å². The summed E-state index contributed by atoms with van der Waals surface area (Å²) in [6.07, 6.45) is 3.85. The Bertz CT molecular complexity index is 149. The van der Waals surface area contributed by atoms with Crippen LogP contribution in [0, 0.1) is 11.8 Å². The van der Waals surface area contributed by atoms with E-state index in [4.69, 9.17) is 0 Å². The summed E-state index contributed by atoms with van der Waals surface area (Å²) in [5.41, 5.74) is 0. The molecule has 62 valence electrons. The van der Waals surface area contributed by atoms with E-state index in [0.717, 1.165) is 13.1 Å². The van der Waals surface area contributed by atoms with Gasteiger partial charge in [0, 0.05) is 0 Å². The SMILES string of the molecule is CNCC#CC1CCCCN1. The number of piperidine rings is 1. The Balaban J connectivity index is 2.19. The number of hydrogen-bond donors (Lipinski definition) is 2. The Kier molecular flexibility index (Phi) is 4.03. The van der Waals surface area contributed by atoms with Gasteiger partial charge in [-0.15, -0.1) is 0 Å². The lowest BCUT2D eigenvalue weighted by atomic mass is 10.1. The zero-order chi connectivity index (χ0) is 7.94. The fourth-order valence-electron chi connectivity index (χ4n) is 1.24. The molecule has 1 aliphatic heterocycles. The zero-order valence-corrected chi connectivity index (χ0v) is 7.11. The molecule has 1 saturated heterocycles. The first-order valence-electron chi connectivity index (χ1n) is 4.30. The summed E-state index contributed by atoms with van der Waals surface area (Å²) in [5.74, 6) is 6.28. The molecule has 0 aliphatic carbocycles. The van der Waals surface area contributed by atoms with Crippen LogP contribution in [0.5, 0.6) is 0 Å². The Morgan fingerprint density at radius 3 is 3.09 bits per heavy atom. The molecule has 0 bridgehead atoms. The molecule has 0 spiro atoms. The Morgan fingerprint density at radius 1 is 1.55 bits per heavy atom. The van der Waals surface area contributed by atoms with Crippen molar-refractivity contribution in [2.75, 3.05) is 20.1 Å². The minimum Gasteiger partial charge on any atom is -0.309 e. The van der Waals surface area contributed by atoms with Crippen LogP contribution in [0.3, 0.4) is 0 Å². The molecular weight excluding hydrogens is 136 g/mol. The molecule has 1 unspecified atom stereocenters. The van der Waals surface area contributed by atoms with Crippen molar-refractivity contribution < 1.29 is 0 Å². The molecule has 0 amide bonds. The predicted molar refractivity (Wildman–Crippen MR) is 47.3 cm³/mol. The molecule has 0 saturated carbocycles. The van der Waals surface area contributed by atoms with Gasteiger partial charge in [-0.1, -0.05) is 11.8 Å². The lowest BCUT2D eigenvalue weighted by Gasteiger charge is -2.17. The molecule has 0 aromatic rings. The summed E-state index contributed by atoms with van der Waals surface area (Å²) in [7, 11) is 1.92. The second-order valence-electron chi connectivity index (χ2n) is 2.85. The Hall–Kier alpha value is -0.520. The van der Waals surface area contributed by atoms with Gasteiger partial charge in [0.25, 0.3) is 0 Å². The number of nitrogens with one attached hydrogen (secondary N) is 2. The Morgan fingerprint density at radius 2 is 2.45 bits per heavy atom. The Labute approximate surface area is 68.8 Å². The van der Waals surface area contributed by atoms with Crippen molar-refractivity contribution in [3.05, 3.63) is 0 Å². The fraction of sp³-hybridized carbons (Fsp3) is 0.778. The van der Waals surface area contributed by atoms with Crippen LogP contribution in [0.15, 0.2) is 0 Å². The highest BCUT2D eigenvalue weighted by molar-refractivity contribution is 5.09. The topological polar surface area (TPSA) is 24.1 Å². The monoisotopic (exact) mass is 152 g/mol. The van der Waals surface area contributed by atoms with E-state index >= 15 is 0 Å². The van der Waals surface area contributed by atoms with Gasteiger partial charge in [-0.25, -0.2) is 0 Å². The van der Waals surface area contributed by atoms with Crippen molar-refractivity contribution in [3.63, 3.8) is 0 Å². The van der Waals surface area contributed by atoms with Crippen LogP contribution >= 0.6 is 0 Å². The summed E-state index contributed by atoms with van der Waals surface area (Å²) in [6, 6.07) is 0.456. The van der Waals surface area contributed by atoms with Crippen molar-refractivity contribution in [2.45, 2.75) is 25.3 Å². The summed E-state index contributed by atoms with van der Waals surface area (Å²) >= 11 is 0. The number of rotatable bonds is 1. The minimum absolute atomic E-state index is 0.456. The van der Waals surface area contributed by atoms with Crippen molar-refractivity contribution in [1.29, 1.82) is 0 Å². The molecule has 1 heterocycles. The maximum atomic E-state index is 3.38. The first kappa shape index (κ1) is 8.58. The van der Waals surface area contributed by atoms with Gasteiger partial charge in [-0.3, -0.25) is 0 Å². The fourth-order valence-corrected chi connectivity index (χ4v) is 1.24. The normalized spacial score (nSPS) is 23.9. The van der Waals surface area contributed by atoms with Crippen LogP contribution in [0.25, 0.3) is 0 Å². The third-order valence-corrected chi connectivity index (χ3v) is 1.85. The van der Waals surface area contributed by atoms with E-state index in [0.29, 0.717) is 6.04 Å². The van der Waals surface area contributed by atoms with Crippen molar-refractivity contribution in [2.24, 2.45) is 0 Å². The van der Waals surface area contributed by atoms with Crippen LogP contribution < -0.4 is 10.6 Å². The second kappa shape index (κ2) is 5.17. The van der Waals surface area contributed by atoms with Crippen LogP contribution in [0.4, 0.5) is 0 Å². The van der Waals surface area contributed by atoms with Gasteiger partial charge in [0.05, 0.1) is 12.6 Å². The lowest BCUT2D eigenvalue weighted by molar-refractivity contribution is 0.464. The summed E-state index contributed by atoms with van der Waals surface area (Å²) in [6.45, 7) is 1.94. The van der Waals surface area contributed by atoms with Gasteiger partial charge >= 0.3 is 0 Å². The molecule has 1 atom stereocenters. The van der Waals surface area contributed by atoms with E-state index in [9.17, 15) is 0 Å². The van der Waals surface area contributed by atoms with Gasteiger partial charge < -0.3 is 10.6 Å². The van der Waals surface area contributed by atoms with E-state index in [1.54, 1.807) is 0 Å². The van der Waals surface area contributed by atoms with Gasteiger partial charge in [0.15, 0.2) is 0 Å². The maximum Gasteiger partial charge on any atom is 0.0690 e. The second-order valence-corrected chi connectivity index (χ2v) is 2.85. The van der Waals surface area contributed by atoms with Crippen molar-refractivity contribution >= 4 is 0 Å². The summed E-state index contributed by atoms with van der Waals surface area (Å²) in [5, 5.41) is 6.38. The molecule has 2 nitrogen and oxygen atoms in total. The van der Waals surface area contributed by atoms with Crippen LogP contribution in [-0.2, 0) is 0 Å². The summed E-state index contributed by atoms with van der Waals surface area (Å²) < 4.78 is 0. The molecular formula is C9H16N2. The molecule has 1 fully saturated rings. The van der Waals surface area contributed by atoms with Crippen molar-refractivity contribution in [3.8, 4) is 11.8 Å². The standard InChI is InChI=1S/C9H16N2/c1-10-7-4-6-9-5-2-3-8-11-9/h9-11H,2-3,5,7-8H2,1H3. The van der Waals surface area contributed by atoms with E-state index < -0.39 is 0 Å². The van der Waals surface area contributed by atoms with Crippen LogP contribution in [0.1, 0.15) is 19.3 Å². The molecule has 0 radical (unpaired) electrons. The van der Waals surface area contributed by atoms with E-state index in [2.05, 4.69) is 22.5 Å². The molecule has 0 aromatic heterocycles. The maximum absolute atomic E-state index is 3.38. The molecule has 1 rings (SSSR count). The van der Waals surface area contributed by atoms with E-state index in [-0.39, 0.29) is 0 Å². The predicted octanol–water partition coefficient (Wildman–Crippen LogP) is 0.351. The summed E-state index contributed by atoms with van der Waals surface area (Å²) in [4.78, 5) is 0. The highest BCUT2D eigenvalue weighted by Gasteiger charge is 2.07. The number of hydrogen-bond acceptors (Lipinski definition) is 2. The molecule has 1 aliphatic rings. The minimum atomic E-state index is 0.456. The highest BCUT2D eigenvalue weighted by Crippen LogP contribution is 2.04. The van der Waals surface area contributed by atoms with Crippen molar-refractivity contribution in [1.82, 2.24) is 10.6 Å².